The van der Waals surface area contributed by atoms with Crippen molar-refractivity contribution in [2.75, 3.05) is 18.0 Å². The van der Waals surface area contributed by atoms with E-state index in [0.717, 1.165) is 38.0 Å². The van der Waals surface area contributed by atoms with Crippen LogP contribution in [-0.4, -0.2) is 40.2 Å². The van der Waals surface area contributed by atoms with Crippen molar-refractivity contribution >= 4 is 11.6 Å². The van der Waals surface area contributed by atoms with Crippen LogP contribution in [0.2, 0.25) is 0 Å². The van der Waals surface area contributed by atoms with Crippen molar-refractivity contribution in [3.05, 3.63) is 72.3 Å². The molecule has 0 bridgehead atoms. The molecule has 2 fully saturated rings. The summed E-state index contributed by atoms with van der Waals surface area (Å²) in [7, 11) is 0. The number of halogens is 1. The van der Waals surface area contributed by atoms with Crippen LogP contribution >= 0.6 is 0 Å². The fourth-order valence-electron chi connectivity index (χ4n) is 5.27. The lowest BCUT2D eigenvalue weighted by molar-refractivity contribution is 0.210. The molecule has 3 aromatic rings. The number of anilines is 2. The van der Waals surface area contributed by atoms with Gasteiger partial charge < -0.3 is 5.73 Å². The summed E-state index contributed by atoms with van der Waals surface area (Å²) in [5, 5.41) is 0. The predicted molar refractivity (Wildman–Crippen MR) is 114 cm³/mol. The third-order valence-electron chi connectivity index (χ3n) is 6.81. The molecule has 1 saturated carbocycles. The highest BCUT2D eigenvalue weighted by Gasteiger charge is 2.61. The van der Waals surface area contributed by atoms with Crippen molar-refractivity contribution < 1.29 is 4.39 Å². The highest BCUT2D eigenvalue weighted by atomic mass is 19.1. The summed E-state index contributed by atoms with van der Waals surface area (Å²) in [6, 6.07) is 16.4. The van der Waals surface area contributed by atoms with E-state index in [1.54, 1.807) is 24.5 Å². The van der Waals surface area contributed by atoms with Gasteiger partial charge in [0.05, 0.1) is 11.9 Å². The first-order chi connectivity index (χ1) is 14.7. The minimum atomic E-state index is -0.268. The Morgan fingerprint density at radius 1 is 1.13 bits per heavy atom. The fraction of sp³-hybridized carbons (Fsp3) is 0.333. The molecule has 2 atom stereocenters. The molecule has 30 heavy (non-hydrogen) atoms. The predicted octanol–water partition coefficient (Wildman–Crippen LogP) is 3.63. The lowest BCUT2D eigenvalue weighted by atomic mass is 9.95. The van der Waals surface area contributed by atoms with Gasteiger partial charge in [-0.25, -0.2) is 14.4 Å². The summed E-state index contributed by atoms with van der Waals surface area (Å²) in [6.07, 6.45) is 6.93. The number of fused-ring (bicyclic) bond motifs is 2. The molecule has 2 aliphatic heterocycles. The van der Waals surface area contributed by atoms with Crippen LogP contribution in [0.4, 0.5) is 16.0 Å². The molecule has 2 N–H and O–H groups in total. The average molecular weight is 400 g/mol. The van der Waals surface area contributed by atoms with E-state index < -0.39 is 0 Å². The SMILES string of the molecule is N[C@H]1CCN(C2N(c3ncc(-c4ccccc4F)cn3)c3c[c]ccc3C23CC3)C1. The van der Waals surface area contributed by atoms with Crippen LogP contribution in [0.1, 0.15) is 24.8 Å². The van der Waals surface area contributed by atoms with Crippen LogP contribution in [0.3, 0.4) is 0 Å². The number of benzene rings is 2. The molecule has 1 aliphatic carbocycles. The average Bonchev–Trinajstić information content (AvgIpc) is 3.37. The smallest absolute Gasteiger partial charge is 0.231 e. The maximum absolute atomic E-state index is 14.2. The van der Waals surface area contributed by atoms with E-state index >= 15 is 0 Å². The Hall–Kier alpha value is -2.83. The van der Waals surface area contributed by atoms with Gasteiger partial charge in [0.15, 0.2) is 0 Å². The van der Waals surface area contributed by atoms with Gasteiger partial charge in [-0.15, -0.1) is 0 Å². The van der Waals surface area contributed by atoms with E-state index in [4.69, 9.17) is 5.73 Å². The second-order valence-electron chi connectivity index (χ2n) is 8.64. The Labute approximate surface area is 175 Å². The first kappa shape index (κ1) is 18.0. The largest absolute Gasteiger partial charge is 0.326 e. The van der Waals surface area contributed by atoms with E-state index in [0.29, 0.717) is 17.1 Å². The molecule has 5 nitrogen and oxygen atoms in total. The van der Waals surface area contributed by atoms with Crippen molar-refractivity contribution in [1.29, 1.82) is 0 Å². The molecular formula is C24H23FN5. The minimum absolute atomic E-state index is 0.113. The van der Waals surface area contributed by atoms with Crippen molar-refractivity contribution in [1.82, 2.24) is 14.9 Å². The second kappa shape index (κ2) is 6.59. The monoisotopic (exact) mass is 400 g/mol. The highest BCUT2D eigenvalue weighted by molar-refractivity contribution is 5.73. The van der Waals surface area contributed by atoms with Crippen LogP contribution < -0.4 is 10.6 Å². The Kier molecular flexibility index (Phi) is 3.95. The summed E-state index contributed by atoms with van der Waals surface area (Å²) >= 11 is 0. The Balaban J connectivity index is 1.43. The number of nitrogens with zero attached hydrogens (tertiary/aromatic N) is 4. The van der Waals surface area contributed by atoms with Gasteiger partial charge in [0.2, 0.25) is 5.95 Å². The summed E-state index contributed by atoms with van der Waals surface area (Å²) in [5.74, 6) is 0.376. The van der Waals surface area contributed by atoms with Gasteiger partial charge in [-0.05, 0) is 43.0 Å². The van der Waals surface area contributed by atoms with E-state index in [-0.39, 0.29) is 23.4 Å². The zero-order valence-corrected chi connectivity index (χ0v) is 16.6. The maximum Gasteiger partial charge on any atom is 0.231 e. The fourth-order valence-corrected chi connectivity index (χ4v) is 5.27. The number of nitrogens with two attached hydrogens (primary N) is 1. The standard InChI is InChI=1S/C24H23FN5/c25-20-7-3-1-5-18(20)16-13-27-23(28-14-16)30-21-8-4-2-6-19(21)24(10-11-24)22(30)29-12-9-17(26)15-29/h1-3,5-8,13-14,17,22H,9-12,15,26H2/t17-,22?/m0/s1. The molecule has 151 valence electrons. The van der Waals surface area contributed by atoms with Crippen molar-refractivity contribution in [2.45, 2.75) is 36.9 Å². The minimum Gasteiger partial charge on any atom is -0.326 e. The molecular weight excluding hydrogens is 377 g/mol. The Morgan fingerprint density at radius 2 is 1.93 bits per heavy atom. The lowest BCUT2D eigenvalue weighted by Crippen LogP contribution is -2.49. The number of likely N-dealkylation sites (tertiary alicyclic amines) is 1. The van der Waals surface area contributed by atoms with Crippen molar-refractivity contribution in [2.24, 2.45) is 5.73 Å². The number of aromatic nitrogens is 2. The zero-order valence-electron chi connectivity index (χ0n) is 16.6. The van der Waals surface area contributed by atoms with Crippen LogP contribution in [0.5, 0.6) is 0 Å². The van der Waals surface area contributed by atoms with Crippen LogP contribution in [0.25, 0.3) is 11.1 Å². The van der Waals surface area contributed by atoms with Gasteiger partial charge in [0.1, 0.15) is 5.82 Å². The van der Waals surface area contributed by atoms with Crippen molar-refractivity contribution in [3.8, 4) is 11.1 Å². The molecule has 0 amide bonds. The molecule has 1 spiro atoms. The highest BCUT2D eigenvalue weighted by Crippen LogP contribution is 2.62. The molecule has 6 rings (SSSR count). The summed E-state index contributed by atoms with van der Waals surface area (Å²) in [4.78, 5) is 14.1. The molecule has 3 aliphatic rings. The summed E-state index contributed by atoms with van der Waals surface area (Å²) < 4.78 is 14.2. The van der Waals surface area contributed by atoms with Crippen LogP contribution in [0, 0.1) is 11.9 Å². The quantitative estimate of drug-likeness (QED) is 0.728. The van der Waals surface area contributed by atoms with Gasteiger partial charge in [-0.2, -0.15) is 0 Å². The molecule has 3 heterocycles. The van der Waals surface area contributed by atoms with Crippen LogP contribution in [0.15, 0.2) is 54.9 Å². The van der Waals surface area contributed by atoms with E-state index in [1.807, 2.05) is 18.2 Å². The van der Waals surface area contributed by atoms with Gasteiger partial charge in [-0.1, -0.05) is 30.3 Å². The first-order valence-corrected chi connectivity index (χ1v) is 10.5. The number of hydrogen-bond acceptors (Lipinski definition) is 5. The zero-order chi connectivity index (χ0) is 20.3. The molecule has 1 radical (unpaired) electrons. The molecule has 1 unspecified atom stereocenters. The van der Waals surface area contributed by atoms with Gasteiger partial charge in [0, 0.05) is 48.1 Å². The van der Waals surface area contributed by atoms with Crippen LogP contribution in [-0.2, 0) is 5.41 Å². The van der Waals surface area contributed by atoms with Crippen molar-refractivity contribution in [3.63, 3.8) is 0 Å². The van der Waals surface area contributed by atoms with E-state index in [1.165, 1.54) is 11.6 Å². The molecule has 2 aromatic carbocycles. The van der Waals surface area contributed by atoms with E-state index in [9.17, 15) is 4.39 Å². The Morgan fingerprint density at radius 3 is 2.63 bits per heavy atom. The lowest BCUT2D eigenvalue weighted by Gasteiger charge is -2.36. The topological polar surface area (TPSA) is 58.3 Å². The first-order valence-electron chi connectivity index (χ1n) is 10.5. The van der Waals surface area contributed by atoms with Gasteiger partial charge in [0.25, 0.3) is 0 Å². The summed E-state index contributed by atoms with van der Waals surface area (Å²) in [6.45, 7) is 1.86. The second-order valence-corrected chi connectivity index (χ2v) is 8.64. The maximum atomic E-state index is 14.2. The third kappa shape index (κ3) is 2.60. The Bertz CT molecular complexity index is 1090. The number of hydrogen-bond donors (Lipinski definition) is 1. The molecule has 1 aromatic heterocycles. The normalized spacial score (nSPS) is 24.4. The molecule has 1 saturated heterocycles. The van der Waals surface area contributed by atoms with Gasteiger partial charge in [-0.3, -0.25) is 9.80 Å². The van der Waals surface area contributed by atoms with E-state index in [2.05, 4.69) is 31.9 Å². The van der Waals surface area contributed by atoms with Gasteiger partial charge >= 0.3 is 0 Å². The molecule has 6 heteroatoms. The third-order valence-corrected chi connectivity index (χ3v) is 6.81. The number of rotatable bonds is 3. The summed E-state index contributed by atoms with van der Waals surface area (Å²) in [5.41, 5.74) is 10.0.